The van der Waals surface area contributed by atoms with E-state index in [0.29, 0.717) is 6.54 Å². The fourth-order valence-electron chi connectivity index (χ4n) is 3.92. The molecule has 2 aliphatic rings. The smallest absolute Gasteiger partial charge is 0.247 e. The molecule has 4 rings (SSSR count). The molecule has 5 nitrogen and oxygen atoms in total. The number of ether oxygens (including phenoxy) is 1. The highest BCUT2D eigenvalue weighted by Crippen LogP contribution is 2.37. The van der Waals surface area contributed by atoms with Crippen LogP contribution >= 0.6 is 0 Å². The van der Waals surface area contributed by atoms with E-state index in [1.165, 1.54) is 0 Å². The van der Waals surface area contributed by atoms with Gasteiger partial charge in [0, 0.05) is 12.5 Å². The summed E-state index contributed by atoms with van der Waals surface area (Å²) in [6.07, 6.45) is 2.67. The van der Waals surface area contributed by atoms with Crippen LogP contribution in [0.15, 0.2) is 48.5 Å². The van der Waals surface area contributed by atoms with Gasteiger partial charge >= 0.3 is 0 Å². The number of nitrogens with zero attached hydrogens (tertiary/aromatic N) is 1. The summed E-state index contributed by atoms with van der Waals surface area (Å²) < 4.78 is 5.20. The molecular formula is C23H26N2O3. The van der Waals surface area contributed by atoms with E-state index in [-0.39, 0.29) is 23.8 Å². The molecule has 1 heterocycles. The Morgan fingerprint density at radius 1 is 1.11 bits per heavy atom. The summed E-state index contributed by atoms with van der Waals surface area (Å²) in [4.78, 5) is 27.9. The normalized spacial score (nSPS) is 19.5. The Kier molecular flexibility index (Phi) is 5.07. The van der Waals surface area contributed by atoms with Gasteiger partial charge in [-0.15, -0.1) is 0 Å². The van der Waals surface area contributed by atoms with Crippen molar-refractivity contribution in [1.29, 1.82) is 0 Å². The molecule has 0 spiro atoms. The number of nitrogens with one attached hydrogen (secondary N) is 1. The predicted molar refractivity (Wildman–Crippen MR) is 107 cm³/mol. The highest BCUT2D eigenvalue weighted by molar-refractivity contribution is 5.91. The van der Waals surface area contributed by atoms with Crippen LogP contribution in [-0.4, -0.2) is 30.4 Å². The average Bonchev–Trinajstić information content (AvgIpc) is 3.57. The zero-order chi connectivity index (χ0) is 19.7. The van der Waals surface area contributed by atoms with Crippen LogP contribution < -0.4 is 10.1 Å². The number of methoxy groups -OCH3 is 1. The van der Waals surface area contributed by atoms with E-state index in [1.54, 1.807) is 12.0 Å². The summed E-state index contributed by atoms with van der Waals surface area (Å²) in [6.45, 7) is 2.56. The van der Waals surface area contributed by atoms with Crippen molar-refractivity contribution < 1.29 is 14.3 Å². The lowest BCUT2D eigenvalue weighted by Gasteiger charge is -2.37. The van der Waals surface area contributed by atoms with Crippen molar-refractivity contribution in [2.45, 2.75) is 38.3 Å². The van der Waals surface area contributed by atoms with Gasteiger partial charge in [-0.05, 0) is 55.0 Å². The maximum absolute atomic E-state index is 13.3. The molecule has 146 valence electrons. The fourth-order valence-corrected chi connectivity index (χ4v) is 3.92. The van der Waals surface area contributed by atoms with Crippen molar-refractivity contribution in [3.8, 4) is 5.75 Å². The number of benzene rings is 2. The number of fused-ring (bicyclic) bond motifs is 1. The third-order valence-electron chi connectivity index (χ3n) is 5.72. The Hall–Kier alpha value is -2.82. The van der Waals surface area contributed by atoms with E-state index in [4.69, 9.17) is 4.74 Å². The number of hydrogen-bond acceptors (Lipinski definition) is 3. The van der Waals surface area contributed by atoms with E-state index in [1.807, 2.05) is 49.4 Å². The second-order valence-electron chi connectivity index (χ2n) is 7.66. The number of rotatable bonds is 5. The molecule has 0 saturated heterocycles. The first kappa shape index (κ1) is 18.5. The van der Waals surface area contributed by atoms with Crippen molar-refractivity contribution in [2.24, 2.45) is 5.92 Å². The summed E-state index contributed by atoms with van der Waals surface area (Å²) in [5.74, 6) is 0.875. The van der Waals surface area contributed by atoms with E-state index in [0.717, 1.165) is 41.7 Å². The van der Waals surface area contributed by atoms with Crippen LogP contribution in [-0.2, 0) is 16.0 Å². The van der Waals surface area contributed by atoms with Gasteiger partial charge in [0.15, 0.2) is 0 Å². The van der Waals surface area contributed by atoms with Gasteiger partial charge in [0.25, 0.3) is 0 Å². The monoisotopic (exact) mass is 378 g/mol. The molecular weight excluding hydrogens is 352 g/mol. The van der Waals surface area contributed by atoms with Crippen LogP contribution in [0.3, 0.4) is 0 Å². The lowest BCUT2D eigenvalue weighted by Crippen LogP contribution is -2.48. The molecule has 1 saturated carbocycles. The average molecular weight is 378 g/mol. The van der Waals surface area contributed by atoms with Gasteiger partial charge in [-0.3, -0.25) is 9.59 Å². The van der Waals surface area contributed by atoms with Crippen LogP contribution in [0.4, 0.5) is 0 Å². The summed E-state index contributed by atoms with van der Waals surface area (Å²) in [5, 5.41) is 3.11. The molecule has 1 aliphatic heterocycles. The molecule has 1 aliphatic carbocycles. The maximum atomic E-state index is 13.3. The molecule has 5 heteroatoms. The lowest BCUT2D eigenvalue weighted by molar-refractivity contribution is -0.142. The highest BCUT2D eigenvalue weighted by Gasteiger charge is 2.41. The standard InChI is InChI=1S/C23H26N2O3/c1-15(16-9-11-19(28-2)12-10-16)24-22(26)21-20-6-4-3-5-17(20)13-14-25(21)23(27)18-7-8-18/h3-6,9-12,15,18,21H,7-8,13-14H2,1-2H3,(H,24,26)/t15-,21-/m0/s1. The van der Waals surface area contributed by atoms with E-state index in [2.05, 4.69) is 11.4 Å². The largest absolute Gasteiger partial charge is 0.497 e. The van der Waals surface area contributed by atoms with Crippen molar-refractivity contribution in [3.05, 3.63) is 65.2 Å². The topological polar surface area (TPSA) is 58.6 Å². The van der Waals surface area contributed by atoms with Gasteiger partial charge in [0.2, 0.25) is 11.8 Å². The molecule has 0 unspecified atom stereocenters. The van der Waals surface area contributed by atoms with Gasteiger partial charge in [0.05, 0.1) is 13.2 Å². The van der Waals surface area contributed by atoms with Crippen molar-refractivity contribution in [1.82, 2.24) is 10.2 Å². The molecule has 1 N–H and O–H groups in total. The van der Waals surface area contributed by atoms with Crippen LogP contribution in [0.5, 0.6) is 5.75 Å². The number of hydrogen-bond donors (Lipinski definition) is 1. The number of carbonyl (C=O) groups excluding carboxylic acids is 2. The molecule has 1 fully saturated rings. The minimum atomic E-state index is -0.557. The molecule has 28 heavy (non-hydrogen) atoms. The zero-order valence-corrected chi connectivity index (χ0v) is 16.4. The quantitative estimate of drug-likeness (QED) is 0.867. The van der Waals surface area contributed by atoms with Crippen LogP contribution in [0, 0.1) is 5.92 Å². The maximum Gasteiger partial charge on any atom is 0.247 e. The Labute approximate surface area is 165 Å². The predicted octanol–water partition coefficient (Wildman–Crippen LogP) is 3.41. The van der Waals surface area contributed by atoms with Crippen molar-refractivity contribution in [3.63, 3.8) is 0 Å². The molecule has 0 aromatic heterocycles. The first-order valence-corrected chi connectivity index (χ1v) is 9.91. The molecule has 2 aromatic carbocycles. The van der Waals surface area contributed by atoms with E-state index < -0.39 is 6.04 Å². The molecule has 0 radical (unpaired) electrons. The fraction of sp³-hybridized carbons (Fsp3) is 0.391. The summed E-state index contributed by atoms with van der Waals surface area (Å²) in [6, 6.07) is 14.9. The Bertz CT molecular complexity index is 874. The minimum absolute atomic E-state index is 0.0968. The van der Waals surface area contributed by atoms with Crippen LogP contribution in [0.25, 0.3) is 0 Å². The zero-order valence-electron chi connectivity index (χ0n) is 16.4. The summed E-state index contributed by atoms with van der Waals surface area (Å²) in [5.41, 5.74) is 3.10. The van der Waals surface area contributed by atoms with Crippen molar-refractivity contribution >= 4 is 11.8 Å². The summed E-state index contributed by atoms with van der Waals surface area (Å²) >= 11 is 0. The molecule has 2 amide bonds. The second-order valence-corrected chi connectivity index (χ2v) is 7.66. The summed E-state index contributed by atoms with van der Waals surface area (Å²) in [7, 11) is 1.63. The van der Waals surface area contributed by atoms with E-state index >= 15 is 0 Å². The van der Waals surface area contributed by atoms with Gasteiger partial charge in [-0.2, -0.15) is 0 Å². The first-order chi connectivity index (χ1) is 13.6. The van der Waals surface area contributed by atoms with Gasteiger partial charge < -0.3 is 15.0 Å². The van der Waals surface area contributed by atoms with Crippen LogP contribution in [0.1, 0.15) is 48.5 Å². The SMILES string of the molecule is COc1ccc([C@H](C)NC(=O)[C@@H]2c3ccccc3CCN2C(=O)C2CC2)cc1. The third kappa shape index (κ3) is 3.61. The molecule has 2 aromatic rings. The Morgan fingerprint density at radius 3 is 2.50 bits per heavy atom. The minimum Gasteiger partial charge on any atom is -0.497 e. The molecule has 2 atom stereocenters. The highest BCUT2D eigenvalue weighted by atomic mass is 16.5. The molecule has 0 bridgehead atoms. The Balaban J connectivity index is 1.57. The number of amides is 2. The van der Waals surface area contributed by atoms with Crippen molar-refractivity contribution in [2.75, 3.05) is 13.7 Å². The Morgan fingerprint density at radius 2 is 1.82 bits per heavy atom. The first-order valence-electron chi connectivity index (χ1n) is 9.91. The van der Waals surface area contributed by atoms with Gasteiger partial charge in [0.1, 0.15) is 11.8 Å². The lowest BCUT2D eigenvalue weighted by atomic mass is 9.91. The third-order valence-corrected chi connectivity index (χ3v) is 5.72. The number of carbonyl (C=O) groups is 2. The van der Waals surface area contributed by atoms with Crippen LogP contribution in [0.2, 0.25) is 0 Å². The van der Waals surface area contributed by atoms with Gasteiger partial charge in [-0.25, -0.2) is 0 Å². The van der Waals surface area contributed by atoms with E-state index in [9.17, 15) is 9.59 Å². The second kappa shape index (κ2) is 7.66. The van der Waals surface area contributed by atoms with Gasteiger partial charge in [-0.1, -0.05) is 36.4 Å².